The Bertz CT molecular complexity index is 638. The molecule has 0 aromatic carbocycles. The number of carbonyl (C=O) groups is 1. The quantitative estimate of drug-likeness (QED) is 0.882. The zero-order valence-electron chi connectivity index (χ0n) is 11.6. The third-order valence-corrected chi connectivity index (χ3v) is 3.11. The molecule has 0 saturated heterocycles. The van der Waals surface area contributed by atoms with E-state index in [0.29, 0.717) is 12.4 Å². The van der Waals surface area contributed by atoms with Gasteiger partial charge in [-0.25, -0.2) is 9.37 Å². The second-order valence-corrected chi connectivity index (χ2v) is 4.36. The van der Waals surface area contributed by atoms with Crippen LogP contribution in [-0.2, 0) is 13.6 Å². The van der Waals surface area contributed by atoms with Crippen molar-refractivity contribution in [2.24, 2.45) is 7.05 Å². The summed E-state index contributed by atoms with van der Waals surface area (Å²) >= 11 is 0. The van der Waals surface area contributed by atoms with Gasteiger partial charge in [0.15, 0.2) is 0 Å². The molecule has 6 nitrogen and oxygen atoms in total. The highest BCUT2D eigenvalue weighted by Gasteiger charge is 2.14. The molecular weight excluding hydrogens is 261 g/mol. The average molecular weight is 277 g/mol. The summed E-state index contributed by atoms with van der Waals surface area (Å²) in [4.78, 5) is 15.9. The number of rotatable bonds is 4. The molecule has 0 aliphatic rings. The van der Waals surface area contributed by atoms with Gasteiger partial charge in [0.25, 0.3) is 5.91 Å². The van der Waals surface area contributed by atoms with Crippen molar-refractivity contribution in [1.82, 2.24) is 20.1 Å². The van der Waals surface area contributed by atoms with Gasteiger partial charge in [-0.15, -0.1) is 0 Å². The maximum atomic E-state index is 13.2. The molecule has 2 aromatic heterocycles. The van der Waals surface area contributed by atoms with E-state index < -0.39 is 5.82 Å². The largest absolute Gasteiger partial charge is 0.372 e. The standard InChI is InChI=1S/C13H16FN5O/c1-8-9(6-18-19(8)3)5-17-13(20)11-4-10(14)7-16-12(11)15-2/h4,6-7H,5H2,1-3H3,(H,15,16)(H,17,20). The fraction of sp³-hybridized carbons (Fsp3) is 0.308. The number of halogens is 1. The molecule has 0 spiro atoms. The molecule has 7 heteroatoms. The zero-order valence-corrected chi connectivity index (χ0v) is 11.6. The molecule has 0 unspecified atom stereocenters. The Morgan fingerprint density at radius 1 is 1.45 bits per heavy atom. The van der Waals surface area contributed by atoms with Crippen molar-refractivity contribution < 1.29 is 9.18 Å². The van der Waals surface area contributed by atoms with Crippen LogP contribution >= 0.6 is 0 Å². The molecule has 20 heavy (non-hydrogen) atoms. The lowest BCUT2D eigenvalue weighted by molar-refractivity contribution is 0.0951. The molecule has 1 amide bonds. The molecule has 0 fully saturated rings. The predicted molar refractivity (Wildman–Crippen MR) is 72.9 cm³/mol. The molecule has 0 saturated carbocycles. The number of pyridine rings is 1. The first kappa shape index (κ1) is 14.0. The van der Waals surface area contributed by atoms with Crippen molar-refractivity contribution in [2.75, 3.05) is 12.4 Å². The number of hydrogen-bond donors (Lipinski definition) is 2. The topological polar surface area (TPSA) is 71.8 Å². The third kappa shape index (κ3) is 2.76. The Labute approximate surface area is 116 Å². The van der Waals surface area contributed by atoms with Crippen LogP contribution in [0.5, 0.6) is 0 Å². The first-order valence-corrected chi connectivity index (χ1v) is 6.12. The number of carbonyl (C=O) groups excluding carboxylic acids is 1. The van der Waals surface area contributed by atoms with Crippen LogP contribution in [0.25, 0.3) is 0 Å². The third-order valence-electron chi connectivity index (χ3n) is 3.11. The number of amides is 1. The summed E-state index contributed by atoms with van der Waals surface area (Å²) in [6, 6.07) is 1.16. The van der Waals surface area contributed by atoms with Gasteiger partial charge >= 0.3 is 0 Å². The van der Waals surface area contributed by atoms with Gasteiger partial charge in [-0.2, -0.15) is 5.10 Å². The summed E-state index contributed by atoms with van der Waals surface area (Å²) in [6.07, 6.45) is 2.76. The molecule has 0 aliphatic carbocycles. The summed E-state index contributed by atoms with van der Waals surface area (Å²) in [5.41, 5.74) is 2.06. The second kappa shape index (κ2) is 5.68. The minimum atomic E-state index is -0.549. The highest BCUT2D eigenvalue weighted by Crippen LogP contribution is 2.13. The predicted octanol–water partition coefficient (Wildman–Crippen LogP) is 1.23. The van der Waals surface area contributed by atoms with E-state index >= 15 is 0 Å². The van der Waals surface area contributed by atoms with Crippen LogP contribution in [0.2, 0.25) is 0 Å². The van der Waals surface area contributed by atoms with Crippen LogP contribution in [0, 0.1) is 12.7 Å². The average Bonchev–Trinajstić information content (AvgIpc) is 2.76. The van der Waals surface area contributed by atoms with E-state index in [1.807, 2.05) is 14.0 Å². The number of aromatic nitrogens is 3. The molecule has 0 atom stereocenters. The van der Waals surface area contributed by atoms with E-state index in [2.05, 4.69) is 20.7 Å². The molecule has 2 rings (SSSR count). The Morgan fingerprint density at radius 3 is 2.80 bits per heavy atom. The van der Waals surface area contributed by atoms with Crippen LogP contribution in [0.4, 0.5) is 10.2 Å². The van der Waals surface area contributed by atoms with Gasteiger partial charge in [-0.05, 0) is 13.0 Å². The van der Waals surface area contributed by atoms with Crippen LogP contribution in [0.3, 0.4) is 0 Å². The fourth-order valence-electron chi connectivity index (χ4n) is 1.80. The van der Waals surface area contributed by atoms with Gasteiger partial charge in [-0.1, -0.05) is 0 Å². The van der Waals surface area contributed by atoms with Crippen LogP contribution in [0.15, 0.2) is 18.5 Å². The summed E-state index contributed by atoms with van der Waals surface area (Å²) in [5, 5.41) is 9.59. The smallest absolute Gasteiger partial charge is 0.255 e. The molecule has 2 heterocycles. The number of anilines is 1. The van der Waals surface area contributed by atoms with E-state index in [1.54, 1.807) is 17.9 Å². The highest BCUT2D eigenvalue weighted by molar-refractivity contribution is 5.98. The van der Waals surface area contributed by atoms with E-state index in [4.69, 9.17) is 0 Å². The lowest BCUT2D eigenvalue weighted by Crippen LogP contribution is -2.24. The molecule has 2 N–H and O–H groups in total. The number of hydrogen-bond acceptors (Lipinski definition) is 4. The summed E-state index contributed by atoms with van der Waals surface area (Å²) in [7, 11) is 3.46. The van der Waals surface area contributed by atoms with Crippen LogP contribution < -0.4 is 10.6 Å². The number of nitrogens with one attached hydrogen (secondary N) is 2. The van der Waals surface area contributed by atoms with Crippen LogP contribution in [-0.4, -0.2) is 27.7 Å². The monoisotopic (exact) mass is 277 g/mol. The van der Waals surface area contributed by atoms with Gasteiger partial charge in [0, 0.05) is 31.9 Å². The normalized spacial score (nSPS) is 10.4. The van der Waals surface area contributed by atoms with Gasteiger partial charge in [0.05, 0.1) is 18.0 Å². The summed E-state index contributed by atoms with van der Waals surface area (Å²) in [5.74, 6) is -0.594. The first-order valence-electron chi connectivity index (χ1n) is 6.12. The minimum Gasteiger partial charge on any atom is -0.372 e. The molecule has 2 aromatic rings. The van der Waals surface area contributed by atoms with Gasteiger partial charge in [-0.3, -0.25) is 9.48 Å². The summed E-state index contributed by atoms with van der Waals surface area (Å²) < 4.78 is 14.9. The van der Waals surface area contributed by atoms with Crippen molar-refractivity contribution in [3.05, 3.63) is 41.1 Å². The van der Waals surface area contributed by atoms with Gasteiger partial charge in [0.2, 0.25) is 0 Å². The van der Waals surface area contributed by atoms with Crippen molar-refractivity contribution in [1.29, 1.82) is 0 Å². The Kier molecular flexibility index (Phi) is 3.97. The molecular formula is C13H16FN5O. The van der Waals surface area contributed by atoms with Gasteiger partial charge < -0.3 is 10.6 Å². The maximum Gasteiger partial charge on any atom is 0.255 e. The Balaban J connectivity index is 2.12. The van der Waals surface area contributed by atoms with Crippen LogP contribution in [0.1, 0.15) is 21.6 Å². The van der Waals surface area contributed by atoms with E-state index in [-0.39, 0.29) is 11.5 Å². The lowest BCUT2D eigenvalue weighted by Gasteiger charge is -2.09. The molecule has 0 radical (unpaired) electrons. The number of aryl methyl sites for hydroxylation is 1. The van der Waals surface area contributed by atoms with Crippen molar-refractivity contribution >= 4 is 11.7 Å². The Morgan fingerprint density at radius 2 is 2.20 bits per heavy atom. The molecule has 0 bridgehead atoms. The van der Waals surface area contributed by atoms with Crippen molar-refractivity contribution in [3.63, 3.8) is 0 Å². The van der Waals surface area contributed by atoms with E-state index in [1.165, 1.54) is 0 Å². The lowest BCUT2D eigenvalue weighted by atomic mass is 10.2. The SMILES string of the molecule is CNc1ncc(F)cc1C(=O)NCc1cnn(C)c1C. The Hall–Kier alpha value is -2.44. The number of nitrogens with zero attached hydrogens (tertiary/aromatic N) is 3. The molecule has 106 valence electrons. The van der Waals surface area contributed by atoms with Gasteiger partial charge in [0.1, 0.15) is 11.6 Å². The zero-order chi connectivity index (χ0) is 14.7. The highest BCUT2D eigenvalue weighted by atomic mass is 19.1. The van der Waals surface area contributed by atoms with Crippen molar-refractivity contribution in [2.45, 2.75) is 13.5 Å². The van der Waals surface area contributed by atoms with Crippen molar-refractivity contribution in [3.8, 4) is 0 Å². The van der Waals surface area contributed by atoms with E-state index in [9.17, 15) is 9.18 Å². The second-order valence-electron chi connectivity index (χ2n) is 4.36. The minimum absolute atomic E-state index is 0.175. The fourth-order valence-corrected chi connectivity index (χ4v) is 1.80. The first-order chi connectivity index (χ1) is 9.52. The molecule has 0 aliphatic heterocycles. The maximum absolute atomic E-state index is 13.2. The summed E-state index contributed by atoms with van der Waals surface area (Å²) in [6.45, 7) is 2.25. The van der Waals surface area contributed by atoms with E-state index in [0.717, 1.165) is 23.5 Å².